The molecule has 0 saturated carbocycles. The summed E-state index contributed by atoms with van der Waals surface area (Å²) in [5.41, 5.74) is 2.31. The first-order valence-electron chi connectivity index (χ1n) is 6.83. The van der Waals surface area contributed by atoms with Crippen LogP contribution in [0.2, 0.25) is 0 Å². The Kier molecular flexibility index (Phi) is 4.91. The zero-order valence-corrected chi connectivity index (χ0v) is 12.4. The van der Waals surface area contributed by atoms with Crippen molar-refractivity contribution in [1.29, 1.82) is 0 Å². The van der Waals surface area contributed by atoms with Gasteiger partial charge in [0, 0.05) is 12.6 Å². The zero-order chi connectivity index (χ0) is 15.4. The van der Waals surface area contributed by atoms with Crippen LogP contribution in [0.1, 0.15) is 29.7 Å². The maximum Gasteiger partial charge on any atom is 0.165 e. The van der Waals surface area contributed by atoms with E-state index in [1.54, 1.807) is 19.1 Å². The van der Waals surface area contributed by atoms with Crippen molar-refractivity contribution in [3.05, 3.63) is 64.7 Å². The number of benzene rings is 2. The lowest BCUT2D eigenvalue weighted by Crippen LogP contribution is -2.18. The van der Waals surface area contributed by atoms with Crippen molar-refractivity contribution < 1.29 is 13.5 Å². The summed E-state index contributed by atoms with van der Waals surface area (Å²) in [5.74, 6) is -0.367. The van der Waals surface area contributed by atoms with Crippen LogP contribution >= 0.6 is 0 Å². The number of methoxy groups -OCH3 is 1. The van der Waals surface area contributed by atoms with Crippen molar-refractivity contribution >= 4 is 0 Å². The molecular formula is C17H19F2NO. The third kappa shape index (κ3) is 3.79. The number of nitrogens with one attached hydrogen (secondary N) is 1. The van der Waals surface area contributed by atoms with Crippen LogP contribution < -0.4 is 10.1 Å². The lowest BCUT2D eigenvalue weighted by Gasteiger charge is -2.15. The molecule has 0 fully saturated rings. The molecule has 2 nitrogen and oxygen atoms in total. The van der Waals surface area contributed by atoms with E-state index in [9.17, 15) is 8.78 Å². The fraction of sp³-hybridized carbons (Fsp3) is 0.294. The second kappa shape index (κ2) is 6.68. The molecule has 0 saturated heterocycles. The van der Waals surface area contributed by atoms with Gasteiger partial charge in [0.1, 0.15) is 5.82 Å². The summed E-state index contributed by atoms with van der Waals surface area (Å²) in [6.07, 6.45) is 0. The number of hydrogen-bond acceptors (Lipinski definition) is 2. The molecular weight excluding hydrogens is 272 g/mol. The second-order valence-electron chi connectivity index (χ2n) is 5.08. The third-order valence-electron chi connectivity index (χ3n) is 3.52. The summed E-state index contributed by atoms with van der Waals surface area (Å²) >= 11 is 0. The van der Waals surface area contributed by atoms with Crippen molar-refractivity contribution in [3.63, 3.8) is 0 Å². The molecule has 0 spiro atoms. The molecule has 2 aromatic carbocycles. The number of rotatable bonds is 5. The van der Waals surface area contributed by atoms with E-state index in [4.69, 9.17) is 4.74 Å². The maximum atomic E-state index is 13.7. The highest BCUT2D eigenvalue weighted by Crippen LogP contribution is 2.22. The number of halogens is 2. The van der Waals surface area contributed by atoms with Gasteiger partial charge in [-0.15, -0.1) is 0 Å². The van der Waals surface area contributed by atoms with Crippen molar-refractivity contribution in [3.8, 4) is 5.75 Å². The van der Waals surface area contributed by atoms with E-state index >= 15 is 0 Å². The van der Waals surface area contributed by atoms with Crippen molar-refractivity contribution in [2.45, 2.75) is 26.4 Å². The minimum absolute atomic E-state index is 0.0465. The average Bonchev–Trinajstić information content (AvgIpc) is 2.48. The van der Waals surface area contributed by atoms with Crippen LogP contribution in [0.4, 0.5) is 8.78 Å². The topological polar surface area (TPSA) is 21.3 Å². The van der Waals surface area contributed by atoms with Gasteiger partial charge in [-0.1, -0.05) is 18.2 Å². The van der Waals surface area contributed by atoms with Crippen LogP contribution in [-0.4, -0.2) is 7.11 Å². The van der Waals surface area contributed by atoms with E-state index in [2.05, 4.69) is 5.32 Å². The number of aryl methyl sites for hydroxylation is 1. The highest BCUT2D eigenvalue weighted by molar-refractivity contribution is 5.31. The van der Waals surface area contributed by atoms with E-state index in [0.717, 1.165) is 11.1 Å². The van der Waals surface area contributed by atoms with Crippen molar-refractivity contribution in [2.24, 2.45) is 0 Å². The summed E-state index contributed by atoms with van der Waals surface area (Å²) in [5, 5.41) is 3.25. The Morgan fingerprint density at radius 3 is 2.48 bits per heavy atom. The number of hydrogen-bond donors (Lipinski definition) is 1. The molecule has 0 aliphatic carbocycles. The van der Waals surface area contributed by atoms with Gasteiger partial charge >= 0.3 is 0 Å². The molecule has 0 aliphatic rings. The molecule has 0 radical (unpaired) electrons. The molecule has 0 amide bonds. The van der Waals surface area contributed by atoms with Gasteiger partial charge in [-0.2, -0.15) is 0 Å². The predicted octanol–water partition coefficient (Wildman–Crippen LogP) is 4.13. The summed E-state index contributed by atoms with van der Waals surface area (Å²) in [6, 6.07) is 9.98. The first-order valence-corrected chi connectivity index (χ1v) is 6.83. The minimum Gasteiger partial charge on any atom is -0.494 e. The van der Waals surface area contributed by atoms with Gasteiger partial charge in [-0.25, -0.2) is 8.78 Å². The Balaban J connectivity index is 2.02. The van der Waals surface area contributed by atoms with Gasteiger partial charge in [-0.3, -0.25) is 0 Å². The quantitative estimate of drug-likeness (QED) is 0.894. The smallest absolute Gasteiger partial charge is 0.165 e. The molecule has 1 unspecified atom stereocenters. The lowest BCUT2D eigenvalue weighted by molar-refractivity contribution is 0.385. The van der Waals surface area contributed by atoms with Gasteiger partial charge < -0.3 is 10.1 Å². The Morgan fingerprint density at radius 2 is 1.86 bits per heavy atom. The Bertz CT molecular complexity index is 628. The van der Waals surface area contributed by atoms with Gasteiger partial charge in [0.05, 0.1) is 7.11 Å². The molecule has 21 heavy (non-hydrogen) atoms. The van der Waals surface area contributed by atoms with Crippen LogP contribution in [0.3, 0.4) is 0 Å². The Labute approximate surface area is 123 Å². The SMILES string of the molecule is COc1ccc(C(C)NCc2ccc(C)c(F)c2)cc1F. The first kappa shape index (κ1) is 15.4. The highest BCUT2D eigenvalue weighted by atomic mass is 19.1. The van der Waals surface area contributed by atoms with E-state index in [0.29, 0.717) is 12.1 Å². The maximum absolute atomic E-state index is 13.7. The molecule has 0 bridgehead atoms. The molecule has 1 N–H and O–H groups in total. The zero-order valence-electron chi connectivity index (χ0n) is 12.4. The first-order chi connectivity index (χ1) is 10.0. The lowest BCUT2D eigenvalue weighted by atomic mass is 10.1. The summed E-state index contributed by atoms with van der Waals surface area (Å²) in [4.78, 5) is 0. The van der Waals surface area contributed by atoms with Crippen LogP contribution in [0.5, 0.6) is 5.75 Å². The van der Waals surface area contributed by atoms with Crippen LogP contribution in [0.15, 0.2) is 36.4 Å². The molecule has 1 atom stereocenters. The molecule has 2 rings (SSSR count). The van der Waals surface area contributed by atoms with E-state index < -0.39 is 0 Å². The minimum atomic E-state index is -0.384. The number of ether oxygens (including phenoxy) is 1. The second-order valence-corrected chi connectivity index (χ2v) is 5.08. The molecule has 0 heterocycles. The Hall–Kier alpha value is -1.94. The van der Waals surface area contributed by atoms with Crippen LogP contribution in [-0.2, 0) is 6.54 Å². The third-order valence-corrected chi connectivity index (χ3v) is 3.52. The molecule has 0 aliphatic heterocycles. The summed E-state index contributed by atoms with van der Waals surface area (Å²) in [6.45, 7) is 4.19. The van der Waals surface area contributed by atoms with Crippen LogP contribution in [0.25, 0.3) is 0 Å². The standard InChI is InChI=1S/C17H19F2NO/c1-11-4-5-13(8-15(11)18)10-20-12(2)14-6-7-17(21-3)16(19)9-14/h4-9,12,20H,10H2,1-3H3. The molecule has 2 aromatic rings. The highest BCUT2D eigenvalue weighted by Gasteiger charge is 2.09. The van der Waals surface area contributed by atoms with Gasteiger partial charge in [0.2, 0.25) is 0 Å². The fourth-order valence-electron chi connectivity index (χ4n) is 2.09. The Morgan fingerprint density at radius 1 is 1.10 bits per heavy atom. The largest absolute Gasteiger partial charge is 0.494 e. The van der Waals surface area contributed by atoms with E-state index in [1.165, 1.54) is 19.2 Å². The van der Waals surface area contributed by atoms with Crippen LogP contribution in [0, 0.1) is 18.6 Å². The summed E-state index contributed by atoms with van der Waals surface area (Å²) in [7, 11) is 1.44. The van der Waals surface area contributed by atoms with Crippen molar-refractivity contribution in [1.82, 2.24) is 5.32 Å². The van der Waals surface area contributed by atoms with E-state index in [1.807, 2.05) is 19.1 Å². The monoisotopic (exact) mass is 291 g/mol. The fourth-order valence-corrected chi connectivity index (χ4v) is 2.09. The molecule has 0 aromatic heterocycles. The van der Waals surface area contributed by atoms with Gasteiger partial charge in [0.15, 0.2) is 11.6 Å². The van der Waals surface area contributed by atoms with E-state index in [-0.39, 0.29) is 23.4 Å². The summed E-state index contributed by atoms with van der Waals surface area (Å²) < 4.78 is 32.0. The van der Waals surface area contributed by atoms with Gasteiger partial charge in [-0.05, 0) is 48.7 Å². The average molecular weight is 291 g/mol. The van der Waals surface area contributed by atoms with Gasteiger partial charge in [0.25, 0.3) is 0 Å². The normalized spacial score (nSPS) is 12.2. The molecule has 4 heteroatoms. The predicted molar refractivity (Wildman–Crippen MR) is 79.3 cm³/mol. The van der Waals surface area contributed by atoms with Crippen molar-refractivity contribution in [2.75, 3.05) is 7.11 Å². The molecule has 112 valence electrons.